The molecule has 84 valence electrons. The van der Waals surface area contributed by atoms with E-state index in [0.29, 0.717) is 14.9 Å². The molecule has 0 spiro atoms. The number of aliphatic hydroxyl groups is 2. The average molecular weight is 326 g/mol. The highest BCUT2D eigenvalue weighted by atomic mass is 127. The fourth-order valence-electron chi connectivity index (χ4n) is 1.01. The number of benzene rings is 1. The van der Waals surface area contributed by atoms with Crippen LogP contribution in [0.4, 0.5) is 15.8 Å². The lowest BCUT2D eigenvalue weighted by Crippen LogP contribution is -2.23. The monoisotopic (exact) mass is 326 g/mol. The van der Waals surface area contributed by atoms with E-state index >= 15 is 0 Å². The van der Waals surface area contributed by atoms with Crippen molar-refractivity contribution in [2.75, 3.05) is 24.2 Å². The van der Waals surface area contributed by atoms with E-state index in [4.69, 9.17) is 15.9 Å². The summed E-state index contributed by atoms with van der Waals surface area (Å²) in [6.07, 6.45) is -0.883. The maximum atomic E-state index is 13.2. The Morgan fingerprint density at radius 1 is 1.53 bits per heavy atom. The van der Waals surface area contributed by atoms with Crippen molar-refractivity contribution in [3.05, 3.63) is 21.5 Å². The van der Waals surface area contributed by atoms with Crippen molar-refractivity contribution in [1.29, 1.82) is 0 Å². The van der Waals surface area contributed by atoms with E-state index in [0.717, 1.165) is 0 Å². The number of rotatable bonds is 4. The van der Waals surface area contributed by atoms with Gasteiger partial charge in [0, 0.05) is 12.6 Å². The second kappa shape index (κ2) is 5.47. The van der Waals surface area contributed by atoms with Crippen LogP contribution < -0.4 is 11.1 Å². The van der Waals surface area contributed by atoms with Gasteiger partial charge in [0.1, 0.15) is 5.82 Å². The van der Waals surface area contributed by atoms with E-state index in [1.165, 1.54) is 12.1 Å². The van der Waals surface area contributed by atoms with Crippen LogP contribution in [0, 0.1) is 9.39 Å². The summed E-state index contributed by atoms with van der Waals surface area (Å²) < 4.78 is 13.6. The molecule has 1 aromatic rings. The zero-order valence-electron chi connectivity index (χ0n) is 7.87. The Bertz CT molecular complexity index is 349. The van der Waals surface area contributed by atoms with Crippen molar-refractivity contribution < 1.29 is 14.6 Å². The highest BCUT2D eigenvalue weighted by Crippen LogP contribution is 2.23. The van der Waals surface area contributed by atoms with Gasteiger partial charge in [-0.15, -0.1) is 0 Å². The van der Waals surface area contributed by atoms with Crippen molar-refractivity contribution in [2.45, 2.75) is 6.10 Å². The molecule has 1 unspecified atom stereocenters. The van der Waals surface area contributed by atoms with Gasteiger partial charge in [0.15, 0.2) is 0 Å². The molecule has 0 aliphatic rings. The molecule has 6 heteroatoms. The number of hydrogen-bond acceptors (Lipinski definition) is 4. The third-order valence-corrected chi connectivity index (χ3v) is 2.66. The van der Waals surface area contributed by atoms with Gasteiger partial charge in [0.05, 0.1) is 27.7 Å². The molecular formula is C9H12FIN2O2. The zero-order chi connectivity index (χ0) is 11.4. The molecule has 0 aliphatic heterocycles. The number of nitrogens with one attached hydrogen (secondary N) is 1. The van der Waals surface area contributed by atoms with Gasteiger partial charge in [-0.2, -0.15) is 0 Å². The molecule has 0 heterocycles. The van der Waals surface area contributed by atoms with E-state index in [-0.39, 0.29) is 19.0 Å². The quantitative estimate of drug-likeness (QED) is 0.487. The summed E-state index contributed by atoms with van der Waals surface area (Å²) in [5.41, 5.74) is 6.47. The summed E-state index contributed by atoms with van der Waals surface area (Å²) in [5.74, 6) is -0.370. The van der Waals surface area contributed by atoms with Crippen LogP contribution in [0.25, 0.3) is 0 Å². The summed E-state index contributed by atoms with van der Waals surface area (Å²) in [6.45, 7) is -0.222. The topological polar surface area (TPSA) is 78.5 Å². The van der Waals surface area contributed by atoms with Gasteiger partial charge in [-0.1, -0.05) is 0 Å². The molecule has 1 aromatic carbocycles. The second-order valence-corrected chi connectivity index (χ2v) is 4.23. The summed E-state index contributed by atoms with van der Waals surface area (Å²) in [4.78, 5) is 0. The van der Waals surface area contributed by atoms with E-state index in [1.54, 1.807) is 0 Å². The third-order valence-electron chi connectivity index (χ3n) is 1.83. The van der Waals surface area contributed by atoms with Gasteiger partial charge in [-0.3, -0.25) is 0 Å². The zero-order valence-corrected chi connectivity index (χ0v) is 10.0. The molecule has 4 nitrogen and oxygen atoms in total. The molecule has 0 fully saturated rings. The standard InChI is InChI=1S/C9H12FIN2O2/c10-6-1-9(8(12)2-7(6)11)13-3-5(15)4-14/h1-2,5,13-15H,3-4,12H2. The molecule has 0 radical (unpaired) electrons. The normalized spacial score (nSPS) is 12.5. The number of anilines is 2. The number of halogens is 2. The van der Waals surface area contributed by atoms with Crippen molar-refractivity contribution in [3.8, 4) is 0 Å². The van der Waals surface area contributed by atoms with Crippen LogP contribution in [-0.4, -0.2) is 29.5 Å². The molecule has 0 saturated heterocycles. The minimum absolute atomic E-state index is 0.126. The molecular weight excluding hydrogens is 314 g/mol. The van der Waals surface area contributed by atoms with Crippen LogP contribution >= 0.6 is 22.6 Å². The van der Waals surface area contributed by atoms with Crippen molar-refractivity contribution in [1.82, 2.24) is 0 Å². The predicted octanol–water partition coefficient (Wildman–Crippen LogP) is 0.778. The van der Waals surface area contributed by atoms with Gasteiger partial charge in [-0.25, -0.2) is 4.39 Å². The molecule has 0 aromatic heterocycles. The first-order chi connectivity index (χ1) is 7.04. The van der Waals surface area contributed by atoms with E-state index < -0.39 is 6.10 Å². The minimum atomic E-state index is -0.883. The Morgan fingerprint density at radius 3 is 2.80 bits per heavy atom. The fraction of sp³-hybridized carbons (Fsp3) is 0.333. The lowest BCUT2D eigenvalue weighted by molar-refractivity contribution is 0.105. The molecule has 1 atom stereocenters. The van der Waals surface area contributed by atoms with Crippen LogP contribution in [-0.2, 0) is 0 Å². The van der Waals surface area contributed by atoms with Crippen LogP contribution in [0.3, 0.4) is 0 Å². The lowest BCUT2D eigenvalue weighted by atomic mass is 10.2. The first-order valence-corrected chi connectivity index (χ1v) is 5.39. The maximum Gasteiger partial charge on any atom is 0.138 e. The smallest absolute Gasteiger partial charge is 0.138 e. The number of aliphatic hydroxyl groups excluding tert-OH is 2. The summed E-state index contributed by atoms with van der Waals surface area (Å²) in [6, 6.07) is 2.77. The molecule has 0 amide bonds. The molecule has 0 saturated carbocycles. The SMILES string of the molecule is Nc1cc(I)c(F)cc1NCC(O)CO. The molecule has 0 aliphatic carbocycles. The average Bonchev–Trinajstić information content (AvgIpc) is 2.21. The van der Waals surface area contributed by atoms with Crippen LogP contribution in [0.1, 0.15) is 0 Å². The number of hydrogen-bond donors (Lipinski definition) is 4. The fourth-order valence-corrected chi connectivity index (χ4v) is 1.50. The van der Waals surface area contributed by atoms with Crippen LogP contribution in [0.5, 0.6) is 0 Å². The Balaban J connectivity index is 2.73. The Kier molecular flexibility index (Phi) is 4.55. The van der Waals surface area contributed by atoms with Gasteiger partial charge in [-0.05, 0) is 28.7 Å². The lowest BCUT2D eigenvalue weighted by Gasteiger charge is -2.12. The Labute approximate surface area is 100 Å². The largest absolute Gasteiger partial charge is 0.397 e. The van der Waals surface area contributed by atoms with Gasteiger partial charge >= 0.3 is 0 Å². The van der Waals surface area contributed by atoms with Gasteiger partial charge in [0.25, 0.3) is 0 Å². The van der Waals surface area contributed by atoms with Crippen molar-refractivity contribution >= 4 is 34.0 Å². The first-order valence-electron chi connectivity index (χ1n) is 4.32. The Hall–Kier alpha value is -0.600. The second-order valence-electron chi connectivity index (χ2n) is 3.07. The molecule has 0 bridgehead atoms. The van der Waals surface area contributed by atoms with Gasteiger partial charge < -0.3 is 21.3 Å². The van der Waals surface area contributed by atoms with E-state index in [1.807, 2.05) is 22.6 Å². The Morgan fingerprint density at radius 2 is 2.20 bits per heavy atom. The third kappa shape index (κ3) is 3.47. The van der Waals surface area contributed by atoms with E-state index in [9.17, 15) is 4.39 Å². The van der Waals surface area contributed by atoms with Crippen LogP contribution in [0.2, 0.25) is 0 Å². The minimum Gasteiger partial charge on any atom is -0.397 e. The highest BCUT2D eigenvalue weighted by molar-refractivity contribution is 14.1. The summed E-state index contributed by atoms with van der Waals surface area (Å²) in [5, 5.41) is 20.4. The predicted molar refractivity (Wildman–Crippen MR) is 65.1 cm³/mol. The van der Waals surface area contributed by atoms with Gasteiger partial charge in [0.2, 0.25) is 0 Å². The molecule has 15 heavy (non-hydrogen) atoms. The summed E-state index contributed by atoms with van der Waals surface area (Å²) in [7, 11) is 0. The first kappa shape index (κ1) is 12.5. The summed E-state index contributed by atoms with van der Waals surface area (Å²) >= 11 is 1.84. The van der Waals surface area contributed by atoms with E-state index in [2.05, 4.69) is 5.32 Å². The number of nitrogen functional groups attached to an aromatic ring is 1. The highest BCUT2D eigenvalue weighted by Gasteiger charge is 2.07. The molecule has 5 N–H and O–H groups in total. The van der Waals surface area contributed by atoms with Crippen LogP contribution in [0.15, 0.2) is 12.1 Å². The van der Waals surface area contributed by atoms with Crippen molar-refractivity contribution in [2.24, 2.45) is 0 Å². The van der Waals surface area contributed by atoms with Crippen molar-refractivity contribution in [3.63, 3.8) is 0 Å². The maximum absolute atomic E-state index is 13.2. The molecule has 1 rings (SSSR count). The number of nitrogens with two attached hydrogens (primary N) is 1.